The number of anilines is 1. The number of phenolic OH excluding ortho intramolecular Hbond substituents is 1. The van der Waals surface area contributed by atoms with Gasteiger partial charge in [-0.05, 0) is 29.8 Å². The quantitative estimate of drug-likeness (QED) is 0.416. The molecule has 0 atom stereocenters. The number of esters is 1. The Hall–Kier alpha value is -3.37. The average molecular weight is 465 g/mol. The highest BCUT2D eigenvalue weighted by atomic mass is 35.5. The Balaban J connectivity index is 2.00. The Morgan fingerprint density at radius 1 is 1.23 bits per heavy atom. The number of cyclic esters (lactones) is 1. The third-order valence-corrected chi connectivity index (χ3v) is 6.29. The van der Waals surface area contributed by atoms with Crippen LogP contribution in [-0.4, -0.2) is 31.6 Å². The molecule has 0 unspecified atom stereocenters. The van der Waals surface area contributed by atoms with Crippen LogP contribution in [0.25, 0.3) is 11.1 Å². The topological polar surface area (TPSA) is 115 Å². The van der Waals surface area contributed by atoms with Gasteiger partial charge in [-0.3, -0.25) is 4.72 Å². The van der Waals surface area contributed by atoms with E-state index in [1.54, 1.807) is 6.07 Å². The van der Waals surface area contributed by atoms with Crippen LogP contribution in [0.1, 0.15) is 15.9 Å². The number of pyridine rings is 1. The zero-order valence-corrected chi connectivity index (χ0v) is 17.4. The van der Waals surface area contributed by atoms with Crippen molar-refractivity contribution in [2.24, 2.45) is 0 Å². The molecule has 2 aromatic carbocycles. The predicted octanol–water partition coefficient (Wildman–Crippen LogP) is 3.73. The number of phenols is 1. The van der Waals surface area contributed by atoms with Gasteiger partial charge in [0.25, 0.3) is 10.0 Å². The highest BCUT2D eigenvalue weighted by Gasteiger charge is 2.26. The van der Waals surface area contributed by atoms with Crippen LogP contribution in [0.2, 0.25) is 5.02 Å². The van der Waals surface area contributed by atoms with Gasteiger partial charge in [-0.25, -0.2) is 18.2 Å². The number of nitrogens with one attached hydrogen (secondary N) is 1. The second kappa shape index (κ2) is 7.71. The van der Waals surface area contributed by atoms with Crippen molar-refractivity contribution in [1.82, 2.24) is 4.98 Å². The Morgan fingerprint density at radius 2 is 2.00 bits per heavy atom. The number of hydrogen-bond donors (Lipinski definition) is 2. The molecule has 160 valence electrons. The normalized spacial score (nSPS) is 14.7. The highest BCUT2D eigenvalue weighted by molar-refractivity contribution is 7.92. The number of sulfonamides is 1. The van der Waals surface area contributed by atoms with Gasteiger partial charge in [0.2, 0.25) is 5.95 Å². The first-order valence-electron chi connectivity index (χ1n) is 8.75. The summed E-state index contributed by atoms with van der Waals surface area (Å²) in [6, 6.07) is 7.71. The zero-order valence-electron chi connectivity index (χ0n) is 15.8. The van der Waals surface area contributed by atoms with Gasteiger partial charge in [-0.2, -0.15) is 4.39 Å². The maximum absolute atomic E-state index is 13.8. The third kappa shape index (κ3) is 3.87. The first-order chi connectivity index (χ1) is 14.7. The molecule has 2 N–H and O–H groups in total. The van der Waals surface area contributed by atoms with E-state index in [1.165, 1.54) is 25.4 Å². The number of benzene rings is 2. The molecule has 31 heavy (non-hydrogen) atoms. The summed E-state index contributed by atoms with van der Waals surface area (Å²) in [7, 11) is -3.05. The van der Waals surface area contributed by atoms with Gasteiger partial charge in [0.15, 0.2) is 5.75 Å². The minimum Gasteiger partial charge on any atom is -0.505 e. The van der Waals surface area contributed by atoms with E-state index in [1.807, 2.05) is 0 Å². The maximum atomic E-state index is 13.8. The van der Waals surface area contributed by atoms with Crippen molar-refractivity contribution >= 4 is 33.3 Å². The molecular formula is C20H14ClFN2O6S. The average Bonchev–Trinajstić information content (AvgIpc) is 2.73. The second-order valence-corrected chi connectivity index (χ2v) is 8.62. The number of nitrogens with zero attached hydrogens (tertiary/aromatic N) is 1. The van der Waals surface area contributed by atoms with Crippen molar-refractivity contribution in [3.8, 4) is 22.6 Å². The number of aromatic hydroxyl groups is 1. The number of carbonyl (C=O) groups is 1. The van der Waals surface area contributed by atoms with E-state index in [4.69, 9.17) is 21.1 Å². The van der Waals surface area contributed by atoms with Crippen LogP contribution in [0, 0.1) is 5.95 Å². The van der Waals surface area contributed by atoms with Crippen molar-refractivity contribution in [3.05, 3.63) is 64.7 Å². The van der Waals surface area contributed by atoms with Crippen LogP contribution >= 0.6 is 11.6 Å². The summed E-state index contributed by atoms with van der Waals surface area (Å²) in [6.07, 6.45) is 1.25. The van der Waals surface area contributed by atoms with Gasteiger partial charge in [0, 0.05) is 23.4 Å². The van der Waals surface area contributed by atoms with E-state index < -0.39 is 32.6 Å². The number of rotatable bonds is 1. The Kier molecular flexibility index (Phi) is 5.19. The number of hydrogen-bond acceptors (Lipinski definition) is 7. The van der Waals surface area contributed by atoms with Crippen molar-refractivity contribution in [3.63, 3.8) is 0 Å². The van der Waals surface area contributed by atoms with Crippen molar-refractivity contribution in [2.45, 2.75) is 11.5 Å². The molecule has 1 aliphatic rings. The summed E-state index contributed by atoms with van der Waals surface area (Å²) in [4.78, 5) is 15.5. The van der Waals surface area contributed by atoms with Crippen LogP contribution in [-0.2, 0) is 21.4 Å². The van der Waals surface area contributed by atoms with Crippen LogP contribution in [0.4, 0.5) is 10.1 Å². The van der Waals surface area contributed by atoms with E-state index in [2.05, 4.69) is 9.71 Å². The Labute approximate surface area is 181 Å². The maximum Gasteiger partial charge on any atom is 0.338 e. The van der Waals surface area contributed by atoms with Gasteiger partial charge in [-0.1, -0.05) is 17.7 Å². The molecule has 11 heteroatoms. The molecule has 4 bridgehead atoms. The predicted molar refractivity (Wildman–Crippen MR) is 109 cm³/mol. The lowest BCUT2D eigenvalue weighted by molar-refractivity contribution is 0.0472. The molecule has 4 rings (SSSR count). The van der Waals surface area contributed by atoms with E-state index in [-0.39, 0.29) is 28.6 Å². The molecule has 3 aromatic rings. The largest absolute Gasteiger partial charge is 0.505 e. The summed E-state index contributed by atoms with van der Waals surface area (Å²) in [5.74, 6) is -2.23. The van der Waals surface area contributed by atoms with Gasteiger partial charge in [0.05, 0.1) is 23.4 Å². The summed E-state index contributed by atoms with van der Waals surface area (Å²) in [6.45, 7) is -0.316. The zero-order chi connectivity index (χ0) is 22.3. The fourth-order valence-electron chi connectivity index (χ4n) is 3.13. The molecule has 1 aliphatic heterocycles. The molecule has 0 aliphatic carbocycles. The van der Waals surface area contributed by atoms with Gasteiger partial charge >= 0.3 is 5.97 Å². The molecule has 0 saturated heterocycles. The van der Waals surface area contributed by atoms with Gasteiger partial charge in [0.1, 0.15) is 17.3 Å². The van der Waals surface area contributed by atoms with E-state index >= 15 is 0 Å². The summed E-state index contributed by atoms with van der Waals surface area (Å²) in [5.41, 5.74) is 1.03. The van der Waals surface area contributed by atoms with Crippen LogP contribution < -0.4 is 9.46 Å². The lowest BCUT2D eigenvalue weighted by Crippen LogP contribution is -2.15. The highest BCUT2D eigenvalue weighted by Crippen LogP contribution is 2.37. The van der Waals surface area contributed by atoms with Crippen molar-refractivity contribution in [2.75, 3.05) is 11.8 Å². The second-order valence-electron chi connectivity index (χ2n) is 6.57. The van der Waals surface area contributed by atoms with Crippen molar-refractivity contribution < 1.29 is 32.2 Å². The number of halogens is 2. The van der Waals surface area contributed by atoms with Crippen LogP contribution in [0.15, 0.2) is 47.5 Å². The van der Waals surface area contributed by atoms with E-state index in [0.717, 1.165) is 18.2 Å². The molecule has 0 radical (unpaired) electrons. The molecule has 0 spiro atoms. The Bertz CT molecular complexity index is 1330. The minimum atomic E-state index is -4.40. The molecule has 0 amide bonds. The smallest absolute Gasteiger partial charge is 0.338 e. The molecular weight excluding hydrogens is 451 g/mol. The summed E-state index contributed by atoms with van der Waals surface area (Å²) in [5, 5.41) is 9.87. The van der Waals surface area contributed by atoms with Gasteiger partial charge in [-0.15, -0.1) is 0 Å². The monoisotopic (exact) mass is 464 g/mol. The van der Waals surface area contributed by atoms with Crippen LogP contribution in [0.3, 0.4) is 0 Å². The number of methoxy groups -OCH3 is 1. The fraction of sp³-hybridized carbons (Fsp3) is 0.100. The minimum absolute atomic E-state index is 0.0442. The lowest BCUT2D eigenvalue weighted by atomic mass is 10.0. The number of fused-ring (bicyclic) bond motifs is 6. The SMILES string of the molecule is COc1ccc2cc1NS(=O)(=O)c1cc(cc(Cl)c1O)C(=O)OCc1cc(F)ncc1-2. The molecule has 1 aromatic heterocycles. The van der Waals surface area contributed by atoms with Crippen LogP contribution in [0.5, 0.6) is 11.5 Å². The Morgan fingerprint density at radius 3 is 2.74 bits per heavy atom. The lowest BCUT2D eigenvalue weighted by Gasteiger charge is -2.15. The van der Waals surface area contributed by atoms with Crippen molar-refractivity contribution in [1.29, 1.82) is 0 Å². The first-order valence-corrected chi connectivity index (χ1v) is 10.6. The van der Waals surface area contributed by atoms with Gasteiger partial charge < -0.3 is 14.6 Å². The fourth-order valence-corrected chi connectivity index (χ4v) is 4.61. The molecule has 0 fully saturated rings. The standard InChI is InChI=1S/C20H14ClFN2O6S/c1-29-16-3-2-10-5-15(16)24-31(27,28)17-6-11(4-14(21)19(17)25)20(26)30-9-12-7-18(22)23-8-13(10)12/h2-8,24-25H,9H2,1H3. The van der Waals surface area contributed by atoms with E-state index in [9.17, 15) is 22.7 Å². The third-order valence-electron chi connectivity index (χ3n) is 4.62. The number of ether oxygens (including phenoxy) is 2. The molecule has 8 nitrogen and oxygen atoms in total. The summed E-state index contributed by atoms with van der Waals surface area (Å²) < 4.78 is 52.6. The number of carbonyl (C=O) groups excluding carboxylic acids is 1. The van der Waals surface area contributed by atoms with E-state index in [0.29, 0.717) is 16.7 Å². The first kappa shape index (κ1) is 20.9. The molecule has 0 saturated carbocycles. The molecule has 2 heterocycles. The number of aromatic nitrogens is 1. The summed E-state index contributed by atoms with van der Waals surface area (Å²) >= 11 is 5.94.